The molecule has 2 aromatic carbocycles. The monoisotopic (exact) mass is 661 g/mol. The molecule has 42 heavy (non-hydrogen) atoms. The quantitative estimate of drug-likeness (QED) is 0.174. The van der Waals surface area contributed by atoms with Gasteiger partial charge in [0.05, 0.1) is 18.1 Å². The number of aromatic nitrogens is 1. The van der Waals surface area contributed by atoms with Crippen molar-refractivity contribution in [2.75, 3.05) is 19.0 Å². The SMILES string of the molecule is COc1cc(/C=C2\SC(=S)N(CCC(=O)Nc3ncc(Cc4cc(Cl)ccc4Cl)s3)C2=O)ccc1OC1CCCCC1. The molecule has 5 rings (SSSR count). The number of hydrogen-bond donors (Lipinski definition) is 1. The second-order valence-corrected chi connectivity index (χ2v) is 13.6. The molecule has 0 unspecified atom stereocenters. The highest BCUT2D eigenvalue weighted by molar-refractivity contribution is 8.26. The summed E-state index contributed by atoms with van der Waals surface area (Å²) in [6.45, 7) is 0.168. The Morgan fingerprint density at radius 3 is 2.76 bits per heavy atom. The zero-order valence-electron chi connectivity index (χ0n) is 22.9. The summed E-state index contributed by atoms with van der Waals surface area (Å²) in [7, 11) is 1.61. The topological polar surface area (TPSA) is 80.8 Å². The van der Waals surface area contributed by atoms with Crippen LogP contribution in [0.1, 0.15) is 54.5 Å². The van der Waals surface area contributed by atoms with Crippen molar-refractivity contribution in [2.24, 2.45) is 0 Å². The summed E-state index contributed by atoms with van der Waals surface area (Å²) in [6.07, 6.45) is 10.1. The van der Waals surface area contributed by atoms with Crippen LogP contribution >= 0.6 is 58.5 Å². The Hall–Kier alpha value is -2.63. The minimum atomic E-state index is -0.256. The number of carbonyl (C=O) groups excluding carboxylic acids is 2. The van der Waals surface area contributed by atoms with E-state index in [1.54, 1.807) is 31.5 Å². The first-order valence-electron chi connectivity index (χ1n) is 13.6. The maximum atomic E-state index is 13.1. The summed E-state index contributed by atoms with van der Waals surface area (Å²) >= 11 is 20.4. The molecule has 1 N–H and O–H groups in total. The van der Waals surface area contributed by atoms with E-state index in [2.05, 4.69) is 10.3 Å². The number of nitrogens with zero attached hydrogens (tertiary/aromatic N) is 2. The smallest absolute Gasteiger partial charge is 0.266 e. The molecule has 0 atom stereocenters. The number of carbonyl (C=O) groups is 2. The Labute approximate surface area is 268 Å². The van der Waals surface area contributed by atoms with Crippen LogP contribution in [0.25, 0.3) is 6.08 Å². The van der Waals surface area contributed by atoms with E-state index in [0.29, 0.717) is 42.3 Å². The van der Waals surface area contributed by atoms with Gasteiger partial charge >= 0.3 is 0 Å². The van der Waals surface area contributed by atoms with E-state index in [-0.39, 0.29) is 30.9 Å². The molecule has 1 saturated heterocycles. The molecule has 3 aromatic rings. The van der Waals surface area contributed by atoms with Crippen LogP contribution < -0.4 is 14.8 Å². The number of ether oxygens (including phenoxy) is 2. The van der Waals surface area contributed by atoms with Gasteiger partial charge in [0.1, 0.15) is 4.32 Å². The maximum absolute atomic E-state index is 13.1. The second kappa shape index (κ2) is 14.2. The van der Waals surface area contributed by atoms with Crippen molar-refractivity contribution < 1.29 is 19.1 Å². The summed E-state index contributed by atoms with van der Waals surface area (Å²) in [4.78, 5) is 33.0. The third-order valence-electron chi connectivity index (χ3n) is 6.94. The second-order valence-electron chi connectivity index (χ2n) is 9.96. The van der Waals surface area contributed by atoms with Crippen LogP contribution in [-0.2, 0) is 16.0 Å². The number of methoxy groups -OCH3 is 1. The van der Waals surface area contributed by atoms with Gasteiger partial charge < -0.3 is 14.8 Å². The molecule has 220 valence electrons. The van der Waals surface area contributed by atoms with Gasteiger partial charge in [0, 0.05) is 40.5 Å². The Kier molecular flexibility index (Phi) is 10.4. The molecular formula is C30H29Cl2N3O4S3. The summed E-state index contributed by atoms with van der Waals surface area (Å²) in [6, 6.07) is 11.0. The number of thioether (sulfide) groups is 1. The van der Waals surface area contributed by atoms with Gasteiger partial charge in [0.25, 0.3) is 5.91 Å². The van der Waals surface area contributed by atoms with Crippen molar-refractivity contribution in [3.63, 3.8) is 0 Å². The van der Waals surface area contributed by atoms with Crippen LogP contribution in [0.5, 0.6) is 11.5 Å². The lowest BCUT2D eigenvalue weighted by Gasteiger charge is -2.24. The Morgan fingerprint density at radius 2 is 1.98 bits per heavy atom. The molecule has 2 fully saturated rings. The standard InChI is InChI=1S/C30H29Cl2N3O4S3/c1-38-25-13-18(7-10-24(25)39-21-5-3-2-4-6-21)14-26-28(37)35(30(40)42-26)12-11-27(36)34-29-33-17-22(41-29)16-19-15-20(31)8-9-23(19)32/h7-10,13-15,17,21H,2-6,11-12,16H2,1H3,(H,33,34,36)/b26-14-. The van der Waals surface area contributed by atoms with E-state index in [1.165, 1.54) is 47.3 Å². The predicted octanol–water partition coefficient (Wildman–Crippen LogP) is 7.99. The molecule has 2 aliphatic rings. The van der Waals surface area contributed by atoms with E-state index >= 15 is 0 Å². The van der Waals surface area contributed by atoms with Gasteiger partial charge in [-0.15, -0.1) is 11.3 Å². The van der Waals surface area contributed by atoms with Gasteiger partial charge in [-0.3, -0.25) is 14.5 Å². The molecule has 0 spiro atoms. The lowest BCUT2D eigenvalue weighted by atomic mass is 9.98. The zero-order chi connectivity index (χ0) is 29.6. The molecule has 12 heteroatoms. The minimum Gasteiger partial charge on any atom is -0.493 e. The molecule has 0 radical (unpaired) electrons. The van der Waals surface area contributed by atoms with E-state index < -0.39 is 0 Å². The van der Waals surface area contributed by atoms with Crippen molar-refractivity contribution in [3.8, 4) is 11.5 Å². The molecule has 1 aliphatic heterocycles. The molecule has 1 aliphatic carbocycles. The highest BCUT2D eigenvalue weighted by Gasteiger charge is 2.32. The highest BCUT2D eigenvalue weighted by atomic mass is 35.5. The summed E-state index contributed by atoms with van der Waals surface area (Å²) in [5.41, 5.74) is 1.69. The van der Waals surface area contributed by atoms with E-state index in [9.17, 15) is 9.59 Å². The van der Waals surface area contributed by atoms with Gasteiger partial charge in [-0.25, -0.2) is 4.98 Å². The zero-order valence-corrected chi connectivity index (χ0v) is 26.8. The van der Waals surface area contributed by atoms with Gasteiger partial charge in [-0.2, -0.15) is 0 Å². The normalized spacial score (nSPS) is 16.7. The van der Waals surface area contributed by atoms with Crippen molar-refractivity contribution in [3.05, 3.63) is 73.5 Å². The van der Waals surface area contributed by atoms with Crippen LogP contribution in [0.15, 0.2) is 47.5 Å². The third-order valence-corrected chi connectivity index (χ3v) is 9.83. The highest BCUT2D eigenvalue weighted by Crippen LogP contribution is 2.36. The lowest BCUT2D eigenvalue weighted by molar-refractivity contribution is -0.122. The number of rotatable bonds is 10. The van der Waals surface area contributed by atoms with Crippen molar-refractivity contribution in [2.45, 2.75) is 51.0 Å². The predicted molar refractivity (Wildman–Crippen MR) is 175 cm³/mol. The van der Waals surface area contributed by atoms with E-state index in [1.807, 2.05) is 24.3 Å². The average Bonchev–Trinajstić information content (AvgIpc) is 3.52. The van der Waals surface area contributed by atoms with Crippen molar-refractivity contribution >= 4 is 85.9 Å². The molecular weight excluding hydrogens is 633 g/mol. The van der Waals surface area contributed by atoms with E-state index in [0.717, 1.165) is 28.8 Å². The molecule has 1 aromatic heterocycles. The average molecular weight is 663 g/mol. The van der Waals surface area contributed by atoms with Gasteiger partial charge in [-0.05, 0) is 73.2 Å². The Balaban J connectivity index is 1.15. The number of nitrogens with one attached hydrogen (secondary N) is 1. The van der Waals surface area contributed by atoms with Gasteiger partial charge in [-0.1, -0.05) is 59.7 Å². The maximum Gasteiger partial charge on any atom is 0.266 e. The molecule has 7 nitrogen and oxygen atoms in total. The molecule has 2 amide bonds. The summed E-state index contributed by atoms with van der Waals surface area (Å²) in [5.74, 6) is 0.852. The van der Waals surface area contributed by atoms with Crippen LogP contribution in [0.3, 0.4) is 0 Å². The Bertz CT molecular complexity index is 1520. The first-order valence-corrected chi connectivity index (χ1v) is 16.4. The van der Waals surface area contributed by atoms with Crippen LogP contribution in [0, 0.1) is 0 Å². The lowest BCUT2D eigenvalue weighted by Crippen LogP contribution is -2.31. The van der Waals surface area contributed by atoms with Gasteiger partial charge in [0.2, 0.25) is 5.91 Å². The first-order chi connectivity index (χ1) is 20.3. The third kappa shape index (κ3) is 7.85. The van der Waals surface area contributed by atoms with Crippen LogP contribution in [0.4, 0.5) is 5.13 Å². The molecule has 2 heterocycles. The fourth-order valence-electron chi connectivity index (χ4n) is 4.79. The molecule has 0 bridgehead atoms. The van der Waals surface area contributed by atoms with E-state index in [4.69, 9.17) is 44.9 Å². The summed E-state index contributed by atoms with van der Waals surface area (Å²) < 4.78 is 12.2. The number of thiocarbonyl (C=S) groups is 1. The van der Waals surface area contributed by atoms with Crippen LogP contribution in [0.2, 0.25) is 10.0 Å². The van der Waals surface area contributed by atoms with Gasteiger partial charge in [0.15, 0.2) is 16.6 Å². The fraction of sp³-hybridized carbons (Fsp3) is 0.333. The number of hydrogen-bond acceptors (Lipinski definition) is 8. The largest absolute Gasteiger partial charge is 0.493 e. The number of anilines is 1. The number of benzene rings is 2. The number of amides is 2. The van der Waals surface area contributed by atoms with Crippen molar-refractivity contribution in [1.29, 1.82) is 0 Å². The fourth-order valence-corrected chi connectivity index (χ4v) is 7.33. The number of thiazole rings is 1. The minimum absolute atomic E-state index is 0.0791. The number of halogens is 2. The molecule has 1 saturated carbocycles. The van der Waals surface area contributed by atoms with Crippen molar-refractivity contribution in [1.82, 2.24) is 9.88 Å². The first kappa shape index (κ1) is 30.8. The van der Waals surface area contributed by atoms with Crippen LogP contribution in [-0.4, -0.2) is 45.8 Å². The summed E-state index contributed by atoms with van der Waals surface area (Å²) in [5, 5.41) is 4.51. The Morgan fingerprint density at radius 1 is 1.17 bits per heavy atom.